The Labute approximate surface area is 131 Å². The van der Waals surface area contributed by atoms with Crippen LogP contribution in [0.25, 0.3) is 5.78 Å². The largest absolute Gasteiger partial charge is 0.351 e. The molecule has 118 valence electrons. The maximum atomic E-state index is 12.9. The highest BCUT2D eigenvalue weighted by Crippen LogP contribution is 2.45. The summed E-state index contributed by atoms with van der Waals surface area (Å²) in [6.45, 7) is 1.74. The molecular formula is C15H15N5O3. The van der Waals surface area contributed by atoms with E-state index in [0.717, 1.165) is 0 Å². The van der Waals surface area contributed by atoms with Crippen molar-refractivity contribution in [3.8, 4) is 0 Å². The quantitative estimate of drug-likeness (QED) is 0.735. The minimum Gasteiger partial charge on any atom is -0.351 e. The van der Waals surface area contributed by atoms with Gasteiger partial charge in [0.25, 0.3) is 5.91 Å². The lowest BCUT2D eigenvalue weighted by Crippen LogP contribution is -2.48. The third-order valence-corrected chi connectivity index (χ3v) is 5.12. The molecule has 0 saturated carbocycles. The average molecular weight is 313 g/mol. The van der Waals surface area contributed by atoms with E-state index < -0.39 is 5.72 Å². The van der Waals surface area contributed by atoms with Crippen molar-refractivity contribution < 1.29 is 14.3 Å². The summed E-state index contributed by atoms with van der Waals surface area (Å²) in [5, 5.41) is 0. The summed E-state index contributed by atoms with van der Waals surface area (Å²) in [4.78, 5) is 37.0. The Morgan fingerprint density at radius 1 is 1.39 bits per heavy atom. The van der Waals surface area contributed by atoms with Gasteiger partial charge in [-0.05, 0) is 6.07 Å². The summed E-state index contributed by atoms with van der Waals surface area (Å²) in [6.07, 6.45) is 6.12. The zero-order chi connectivity index (χ0) is 15.6. The molecule has 3 fully saturated rings. The van der Waals surface area contributed by atoms with Crippen LogP contribution in [0.2, 0.25) is 0 Å². The minimum atomic E-state index is -0.607. The Bertz CT molecular complexity index is 800. The molecule has 0 N–H and O–H groups in total. The van der Waals surface area contributed by atoms with Crippen LogP contribution in [-0.2, 0) is 9.53 Å². The van der Waals surface area contributed by atoms with Gasteiger partial charge in [-0.3, -0.25) is 14.0 Å². The Morgan fingerprint density at radius 3 is 3.17 bits per heavy atom. The smallest absolute Gasteiger partial charge is 0.274 e. The van der Waals surface area contributed by atoms with Crippen LogP contribution in [0.5, 0.6) is 0 Å². The van der Waals surface area contributed by atoms with Gasteiger partial charge in [0.1, 0.15) is 5.69 Å². The third kappa shape index (κ3) is 1.58. The number of carbonyl (C=O) groups is 2. The van der Waals surface area contributed by atoms with Crippen molar-refractivity contribution in [1.29, 1.82) is 0 Å². The van der Waals surface area contributed by atoms with E-state index in [9.17, 15) is 9.59 Å². The third-order valence-electron chi connectivity index (χ3n) is 5.12. The van der Waals surface area contributed by atoms with Crippen LogP contribution in [0.1, 0.15) is 23.3 Å². The molecule has 3 saturated heterocycles. The van der Waals surface area contributed by atoms with Gasteiger partial charge in [-0.1, -0.05) is 0 Å². The van der Waals surface area contributed by atoms with Gasteiger partial charge >= 0.3 is 0 Å². The number of nitrogens with zero attached hydrogens (tertiary/aromatic N) is 5. The molecule has 3 aliphatic heterocycles. The van der Waals surface area contributed by atoms with Crippen LogP contribution in [0.4, 0.5) is 0 Å². The number of carbonyl (C=O) groups excluding carboxylic acids is 2. The van der Waals surface area contributed by atoms with E-state index in [2.05, 4.69) is 9.97 Å². The van der Waals surface area contributed by atoms with Crippen molar-refractivity contribution in [2.45, 2.75) is 24.6 Å². The highest BCUT2D eigenvalue weighted by atomic mass is 16.5. The topological polar surface area (TPSA) is 80.0 Å². The lowest BCUT2D eigenvalue weighted by molar-refractivity contribution is -0.136. The van der Waals surface area contributed by atoms with Gasteiger partial charge in [-0.15, -0.1) is 0 Å². The fourth-order valence-corrected chi connectivity index (χ4v) is 4.11. The predicted octanol–water partition coefficient (Wildman–Crippen LogP) is -0.0974. The second-order valence-electron chi connectivity index (χ2n) is 6.16. The molecule has 8 heteroatoms. The van der Waals surface area contributed by atoms with Crippen molar-refractivity contribution in [1.82, 2.24) is 24.2 Å². The molecule has 0 aromatic carbocycles. The lowest BCUT2D eigenvalue weighted by atomic mass is 10.1. The van der Waals surface area contributed by atoms with Gasteiger partial charge < -0.3 is 14.5 Å². The molecule has 3 aliphatic rings. The van der Waals surface area contributed by atoms with Crippen LogP contribution >= 0.6 is 0 Å². The molecule has 8 nitrogen and oxygen atoms in total. The van der Waals surface area contributed by atoms with Crippen molar-refractivity contribution in [2.24, 2.45) is 0 Å². The highest BCUT2D eigenvalue weighted by Gasteiger charge is 2.63. The van der Waals surface area contributed by atoms with Crippen LogP contribution in [0.3, 0.4) is 0 Å². The lowest BCUT2D eigenvalue weighted by Gasteiger charge is -2.31. The monoisotopic (exact) mass is 313 g/mol. The first-order valence-corrected chi connectivity index (χ1v) is 7.74. The Morgan fingerprint density at radius 2 is 2.30 bits per heavy atom. The first-order valence-electron chi connectivity index (χ1n) is 7.74. The van der Waals surface area contributed by atoms with Crippen LogP contribution in [0, 0.1) is 0 Å². The number of rotatable bonds is 1. The standard InChI is InChI=1S/C15H15N5O3/c21-12-8-11-15(20(12)6-7-23-15)2-5-19(11)13(22)10-9-18-4-1-3-16-14(18)17-10/h1,3-4,9,11H,2,5-8H2/t11-,15+/m1/s1. The molecule has 5 heterocycles. The van der Waals surface area contributed by atoms with Gasteiger partial charge in [0.05, 0.1) is 19.1 Å². The van der Waals surface area contributed by atoms with Gasteiger partial charge in [0.2, 0.25) is 11.7 Å². The highest BCUT2D eigenvalue weighted by molar-refractivity contribution is 5.94. The number of amides is 2. The Balaban J connectivity index is 1.50. The summed E-state index contributed by atoms with van der Waals surface area (Å²) < 4.78 is 7.63. The average Bonchev–Trinajstić information content (AvgIpc) is 3.28. The maximum Gasteiger partial charge on any atom is 0.274 e. The second kappa shape index (κ2) is 4.29. The number of likely N-dealkylation sites (tertiary alicyclic amines) is 1. The maximum absolute atomic E-state index is 12.9. The van der Waals surface area contributed by atoms with Gasteiger partial charge in [0.15, 0.2) is 5.72 Å². The summed E-state index contributed by atoms with van der Waals surface area (Å²) >= 11 is 0. The van der Waals surface area contributed by atoms with Gasteiger partial charge in [-0.2, -0.15) is 0 Å². The van der Waals surface area contributed by atoms with Gasteiger partial charge in [-0.25, -0.2) is 9.97 Å². The molecule has 1 spiro atoms. The molecular weight excluding hydrogens is 298 g/mol. The number of aromatic nitrogens is 3. The number of hydrogen-bond donors (Lipinski definition) is 0. The Hall–Kier alpha value is -2.48. The molecule has 0 radical (unpaired) electrons. The first-order chi connectivity index (χ1) is 11.2. The van der Waals surface area contributed by atoms with Crippen LogP contribution in [-0.4, -0.2) is 67.4 Å². The van der Waals surface area contributed by atoms with Crippen molar-refractivity contribution in [3.63, 3.8) is 0 Å². The molecule has 2 aromatic heterocycles. The van der Waals surface area contributed by atoms with E-state index in [4.69, 9.17) is 4.74 Å². The summed E-state index contributed by atoms with van der Waals surface area (Å²) in [7, 11) is 0. The van der Waals surface area contributed by atoms with Crippen molar-refractivity contribution in [3.05, 3.63) is 30.4 Å². The van der Waals surface area contributed by atoms with E-state index in [1.54, 1.807) is 38.9 Å². The molecule has 2 atom stereocenters. The van der Waals surface area contributed by atoms with Gasteiger partial charge in [0, 0.05) is 38.1 Å². The Kier molecular flexibility index (Phi) is 2.42. The SMILES string of the molecule is O=C(c1cn2cccnc2n1)N1CC[C@@]23OCCN2C(=O)C[C@@H]13. The van der Waals surface area contributed by atoms with E-state index in [1.807, 2.05) is 0 Å². The summed E-state index contributed by atoms with van der Waals surface area (Å²) in [6, 6.07) is 1.57. The van der Waals surface area contributed by atoms with E-state index in [0.29, 0.717) is 44.0 Å². The molecule has 2 amide bonds. The molecule has 23 heavy (non-hydrogen) atoms. The minimum absolute atomic E-state index is 0.0710. The molecule has 0 unspecified atom stereocenters. The number of ether oxygens (including phenoxy) is 1. The molecule has 2 aromatic rings. The second-order valence-corrected chi connectivity index (χ2v) is 6.16. The molecule has 5 rings (SSSR count). The normalized spacial score (nSPS) is 29.4. The van der Waals surface area contributed by atoms with E-state index in [1.165, 1.54) is 0 Å². The fraction of sp³-hybridized carbons (Fsp3) is 0.467. The molecule has 0 bridgehead atoms. The predicted molar refractivity (Wildman–Crippen MR) is 77.4 cm³/mol. The van der Waals surface area contributed by atoms with Crippen molar-refractivity contribution >= 4 is 17.6 Å². The zero-order valence-electron chi connectivity index (χ0n) is 12.4. The number of hydrogen-bond acceptors (Lipinski definition) is 5. The summed E-state index contributed by atoms with van der Waals surface area (Å²) in [5.74, 6) is 0.398. The number of imidazole rings is 1. The molecule has 0 aliphatic carbocycles. The fourth-order valence-electron chi connectivity index (χ4n) is 4.11. The first kappa shape index (κ1) is 13.0. The zero-order valence-corrected chi connectivity index (χ0v) is 12.4. The van der Waals surface area contributed by atoms with E-state index >= 15 is 0 Å². The summed E-state index contributed by atoms with van der Waals surface area (Å²) in [5.41, 5.74) is -0.255. The van der Waals surface area contributed by atoms with E-state index in [-0.39, 0.29) is 17.9 Å². The number of fused-ring (bicyclic) bond motifs is 1. The van der Waals surface area contributed by atoms with Crippen LogP contribution in [0.15, 0.2) is 24.7 Å². The van der Waals surface area contributed by atoms with Crippen molar-refractivity contribution in [2.75, 3.05) is 19.7 Å². The van der Waals surface area contributed by atoms with Crippen LogP contribution < -0.4 is 0 Å².